The Kier molecular flexibility index (Phi) is 7.62. The number of hydrogen-bond acceptors (Lipinski definition) is 6. The highest BCUT2D eigenvalue weighted by Gasteiger charge is 2.17. The summed E-state index contributed by atoms with van der Waals surface area (Å²) in [7, 11) is 1.44. The highest BCUT2D eigenvalue weighted by Crippen LogP contribution is 2.16. The number of carbonyl (C=O) groups excluding carboxylic acids is 2. The Labute approximate surface area is 157 Å². The highest BCUT2D eigenvalue weighted by atomic mass is 16.6. The minimum absolute atomic E-state index is 0.0771. The van der Waals surface area contributed by atoms with Crippen molar-refractivity contribution in [1.82, 2.24) is 5.01 Å². The number of non-ortho nitro benzene ring substituents is 1. The van der Waals surface area contributed by atoms with Crippen molar-refractivity contribution in [1.29, 1.82) is 0 Å². The average Bonchev–Trinajstić information content (AvgIpc) is 2.61. The van der Waals surface area contributed by atoms with Gasteiger partial charge >= 0.3 is 6.09 Å². The van der Waals surface area contributed by atoms with E-state index in [0.717, 1.165) is 5.01 Å². The van der Waals surface area contributed by atoms with Crippen LogP contribution in [0, 0.1) is 10.1 Å². The molecule has 2 aromatic carbocycles. The number of ether oxygens (including phenoxy) is 1. The van der Waals surface area contributed by atoms with E-state index in [1.54, 1.807) is 51.1 Å². The van der Waals surface area contributed by atoms with Crippen LogP contribution in [0.2, 0.25) is 0 Å². The van der Waals surface area contributed by atoms with Gasteiger partial charge in [-0.2, -0.15) is 0 Å². The van der Waals surface area contributed by atoms with Crippen LogP contribution in [0.1, 0.15) is 36.7 Å². The van der Waals surface area contributed by atoms with Crippen molar-refractivity contribution in [3.63, 3.8) is 0 Å². The van der Waals surface area contributed by atoms with Crippen LogP contribution >= 0.6 is 0 Å². The molecule has 0 aliphatic rings. The predicted octanol–water partition coefficient (Wildman–Crippen LogP) is 3.55. The number of benzene rings is 2. The van der Waals surface area contributed by atoms with Crippen LogP contribution < -0.4 is 5.84 Å². The summed E-state index contributed by atoms with van der Waals surface area (Å²) in [6, 6.07) is 14.4. The lowest BCUT2D eigenvalue weighted by atomic mass is 10.0. The minimum atomic E-state index is -0.521. The van der Waals surface area contributed by atoms with E-state index in [9.17, 15) is 19.7 Å². The van der Waals surface area contributed by atoms with Gasteiger partial charge in [0.15, 0.2) is 5.78 Å². The van der Waals surface area contributed by atoms with Gasteiger partial charge in [-0.05, 0) is 20.8 Å². The van der Waals surface area contributed by atoms with Crippen LogP contribution in [0.15, 0.2) is 54.6 Å². The molecular weight excluding hydrogens is 350 g/mol. The van der Waals surface area contributed by atoms with Crippen molar-refractivity contribution >= 4 is 17.6 Å². The Hall–Kier alpha value is -3.26. The van der Waals surface area contributed by atoms with Crippen LogP contribution in [-0.4, -0.2) is 34.5 Å². The van der Waals surface area contributed by atoms with Crippen molar-refractivity contribution in [2.75, 3.05) is 7.05 Å². The molecule has 8 heteroatoms. The zero-order valence-corrected chi connectivity index (χ0v) is 15.7. The molecule has 0 aromatic heterocycles. The first-order chi connectivity index (χ1) is 12.5. The van der Waals surface area contributed by atoms with E-state index in [0.29, 0.717) is 11.1 Å². The maximum atomic E-state index is 12.0. The highest BCUT2D eigenvalue weighted by molar-refractivity contribution is 6.09. The molecule has 144 valence electrons. The zero-order chi connectivity index (χ0) is 20.6. The number of nitro groups is 1. The summed E-state index contributed by atoms with van der Waals surface area (Å²) in [6.07, 6.45) is -0.521. The van der Waals surface area contributed by atoms with E-state index < -0.39 is 16.6 Å². The van der Waals surface area contributed by atoms with Crippen LogP contribution in [-0.2, 0) is 4.74 Å². The first kappa shape index (κ1) is 21.8. The summed E-state index contributed by atoms with van der Waals surface area (Å²) in [5, 5.41) is 11.5. The molecule has 0 unspecified atom stereocenters. The SMILES string of the molecule is CN(N)C(=O)OC(C)(C)C.O=C(c1ccccc1)c1cccc([N+](=O)[O-])c1. The second-order valence-corrected chi connectivity index (χ2v) is 6.59. The molecule has 0 saturated carbocycles. The largest absolute Gasteiger partial charge is 0.443 e. The number of nitro benzene ring substituents is 1. The Balaban J connectivity index is 0.000000314. The predicted molar refractivity (Wildman–Crippen MR) is 101 cm³/mol. The Morgan fingerprint density at radius 3 is 2.04 bits per heavy atom. The molecule has 2 N–H and O–H groups in total. The maximum absolute atomic E-state index is 12.0. The van der Waals surface area contributed by atoms with E-state index in [1.807, 2.05) is 6.07 Å². The molecule has 2 rings (SSSR count). The van der Waals surface area contributed by atoms with Crippen molar-refractivity contribution in [3.05, 3.63) is 75.8 Å². The van der Waals surface area contributed by atoms with Crippen LogP contribution in [0.25, 0.3) is 0 Å². The van der Waals surface area contributed by atoms with Crippen molar-refractivity contribution < 1.29 is 19.2 Å². The lowest BCUT2D eigenvalue weighted by Crippen LogP contribution is -2.38. The number of nitrogens with zero attached hydrogens (tertiary/aromatic N) is 2. The van der Waals surface area contributed by atoms with Gasteiger partial charge in [0.25, 0.3) is 5.69 Å². The third-order valence-corrected chi connectivity index (χ3v) is 3.04. The molecular formula is C19H23N3O5. The van der Waals surface area contributed by atoms with Gasteiger partial charge in [0.1, 0.15) is 5.60 Å². The first-order valence-corrected chi connectivity index (χ1v) is 8.07. The topological polar surface area (TPSA) is 116 Å². The second kappa shape index (κ2) is 9.44. The quantitative estimate of drug-likeness (QED) is 0.289. The lowest BCUT2D eigenvalue weighted by molar-refractivity contribution is -0.384. The third-order valence-electron chi connectivity index (χ3n) is 3.04. The average molecular weight is 373 g/mol. The number of hydrogen-bond donors (Lipinski definition) is 1. The van der Waals surface area contributed by atoms with Crippen molar-refractivity contribution in [2.24, 2.45) is 5.84 Å². The first-order valence-electron chi connectivity index (χ1n) is 8.07. The molecule has 0 aliphatic carbocycles. The molecule has 1 amide bonds. The van der Waals surface area contributed by atoms with E-state index >= 15 is 0 Å². The van der Waals surface area contributed by atoms with Gasteiger partial charge in [-0.3, -0.25) is 14.9 Å². The van der Waals surface area contributed by atoms with Gasteiger partial charge in [-0.1, -0.05) is 42.5 Å². The fourth-order valence-corrected chi connectivity index (χ4v) is 1.85. The van der Waals surface area contributed by atoms with Gasteiger partial charge < -0.3 is 4.74 Å². The van der Waals surface area contributed by atoms with Crippen LogP contribution in [0.3, 0.4) is 0 Å². The summed E-state index contributed by atoms with van der Waals surface area (Å²) in [4.78, 5) is 32.8. The van der Waals surface area contributed by atoms with Crippen molar-refractivity contribution in [3.8, 4) is 0 Å². The molecule has 2 aromatic rings. The molecule has 0 atom stereocenters. The van der Waals surface area contributed by atoms with Crippen molar-refractivity contribution in [2.45, 2.75) is 26.4 Å². The zero-order valence-electron chi connectivity index (χ0n) is 15.7. The summed E-state index contributed by atoms with van der Waals surface area (Å²) in [6.45, 7) is 5.36. The molecule has 0 aliphatic heterocycles. The number of ketones is 1. The van der Waals surface area contributed by atoms with Gasteiger partial charge in [0.2, 0.25) is 0 Å². The number of carbonyl (C=O) groups is 2. The monoisotopic (exact) mass is 373 g/mol. The van der Waals surface area contributed by atoms with Gasteiger partial charge in [-0.15, -0.1) is 0 Å². The summed E-state index contributed by atoms with van der Waals surface area (Å²) >= 11 is 0. The number of amides is 1. The molecule has 0 spiro atoms. The molecule has 27 heavy (non-hydrogen) atoms. The van der Waals surface area contributed by atoms with E-state index in [4.69, 9.17) is 10.6 Å². The molecule has 0 saturated heterocycles. The van der Waals surface area contributed by atoms with Gasteiger partial charge in [0.05, 0.1) is 4.92 Å². The summed E-state index contributed by atoms with van der Waals surface area (Å²) in [5.41, 5.74) is 0.301. The Morgan fingerprint density at radius 1 is 1.04 bits per heavy atom. The van der Waals surface area contributed by atoms with Gasteiger partial charge in [-0.25, -0.2) is 15.6 Å². The standard InChI is InChI=1S/C13H9NO3.C6H14N2O2/c15-13(10-5-2-1-3-6-10)11-7-4-8-12(9-11)14(16)17;1-6(2,3)10-5(9)8(4)7/h1-9H;7H2,1-4H3. The summed E-state index contributed by atoms with van der Waals surface area (Å²) < 4.78 is 4.86. The normalized spacial score (nSPS) is 10.3. The molecule has 0 fully saturated rings. The maximum Gasteiger partial charge on any atom is 0.424 e. The third kappa shape index (κ3) is 7.66. The lowest BCUT2D eigenvalue weighted by Gasteiger charge is -2.21. The molecule has 8 nitrogen and oxygen atoms in total. The number of rotatable bonds is 3. The summed E-state index contributed by atoms with van der Waals surface area (Å²) in [5.74, 6) is 4.89. The van der Waals surface area contributed by atoms with E-state index in [1.165, 1.54) is 25.2 Å². The van der Waals surface area contributed by atoms with Crippen LogP contribution in [0.4, 0.5) is 10.5 Å². The Morgan fingerprint density at radius 2 is 1.59 bits per heavy atom. The minimum Gasteiger partial charge on any atom is -0.443 e. The second-order valence-electron chi connectivity index (χ2n) is 6.59. The fourth-order valence-electron chi connectivity index (χ4n) is 1.85. The Bertz CT molecular complexity index is 798. The number of hydrazine groups is 1. The fraction of sp³-hybridized carbons (Fsp3) is 0.263. The van der Waals surface area contributed by atoms with Gasteiger partial charge in [0, 0.05) is 30.3 Å². The number of nitrogens with two attached hydrogens (primary N) is 1. The molecule has 0 heterocycles. The molecule has 0 bridgehead atoms. The molecule has 0 radical (unpaired) electrons. The van der Waals surface area contributed by atoms with Crippen LogP contribution in [0.5, 0.6) is 0 Å². The van der Waals surface area contributed by atoms with E-state index in [2.05, 4.69) is 0 Å². The smallest absolute Gasteiger partial charge is 0.424 e. The van der Waals surface area contributed by atoms with E-state index in [-0.39, 0.29) is 11.5 Å².